The molecule has 8 heteroatoms. The molecule has 0 spiro atoms. The zero-order valence-electron chi connectivity index (χ0n) is 11.7. The van der Waals surface area contributed by atoms with Gasteiger partial charge >= 0.3 is 0 Å². The van der Waals surface area contributed by atoms with Gasteiger partial charge in [-0.3, -0.25) is 0 Å². The van der Waals surface area contributed by atoms with Crippen LogP contribution in [0, 0.1) is 0 Å². The van der Waals surface area contributed by atoms with Crippen LogP contribution in [0.4, 0.5) is 5.95 Å². The van der Waals surface area contributed by atoms with E-state index in [0.29, 0.717) is 25.6 Å². The van der Waals surface area contributed by atoms with Gasteiger partial charge in [0.15, 0.2) is 0 Å². The Kier molecular flexibility index (Phi) is 4.56. The van der Waals surface area contributed by atoms with Crippen molar-refractivity contribution in [2.24, 2.45) is 0 Å². The molecule has 0 aromatic carbocycles. The molecule has 20 heavy (non-hydrogen) atoms. The van der Waals surface area contributed by atoms with Crippen molar-refractivity contribution >= 4 is 16.0 Å². The van der Waals surface area contributed by atoms with Crippen LogP contribution >= 0.6 is 0 Å². The molecule has 0 saturated carbocycles. The largest absolute Gasteiger partial charge is 0.379 e. The van der Waals surface area contributed by atoms with E-state index in [0.717, 1.165) is 13.0 Å². The minimum Gasteiger partial charge on any atom is -0.379 e. The maximum absolute atomic E-state index is 12.3. The SMILES string of the molecule is CCCNc1ncc(S(=O)(=O)NC2(C)CCOC2)cn1. The van der Waals surface area contributed by atoms with Crippen LogP contribution in [0.25, 0.3) is 0 Å². The summed E-state index contributed by atoms with van der Waals surface area (Å²) in [6, 6.07) is 0. The third-order valence-electron chi connectivity index (χ3n) is 3.07. The average molecular weight is 300 g/mol. The number of rotatable bonds is 6. The van der Waals surface area contributed by atoms with Gasteiger partial charge < -0.3 is 10.1 Å². The fourth-order valence-electron chi connectivity index (χ4n) is 1.91. The third kappa shape index (κ3) is 3.65. The van der Waals surface area contributed by atoms with Gasteiger partial charge in [-0.05, 0) is 19.8 Å². The Morgan fingerprint density at radius 1 is 1.40 bits per heavy atom. The van der Waals surface area contributed by atoms with Crippen molar-refractivity contribution in [2.45, 2.75) is 37.1 Å². The summed E-state index contributed by atoms with van der Waals surface area (Å²) in [5.74, 6) is 0.432. The highest BCUT2D eigenvalue weighted by Gasteiger charge is 2.34. The fourth-order valence-corrected chi connectivity index (χ4v) is 3.22. The van der Waals surface area contributed by atoms with Crippen LogP contribution < -0.4 is 10.0 Å². The Hall–Kier alpha value is -1.25. The molecule has 1 fully saturated rings. The normalized spacial score (nSPS) is 22.9. The van der Waals surface area contributed by atoms with Gasteiger partial charge in [0.25, 0.3) is 0 Å². The molecule has 7 nitrogen and oxygen atoms in total. The van der Waals surface area contributed by atoms with Gasteiger partial charge in [-0.2, -0.15) is 0 Å². The van der Waals surface area contributed by atoms with E-state index >= 15 is 0 Å². The van der Waals surface area contributed by atoms with E-state index in [2.05, 4.69) is 20.0 Å². The zero-order valence-corrected chi connectivity index (χ0v) is 12.5. The Morgan fingerprint density at radius 2 is 2.10 bits per heavy atom. The molecule has 2 N–H and O–H groups in total. The minimum atomic E-state index is -3.62. The van der Waals surface area contributed by atoms with Crippen LogP contribution in [0.5, 0.6) is 0 Å². The van der Waals surface area contributed by atoms with Crippen LogP contribution in [0.2, 0.25) is 0 Å². The number of anilines is 1. The molecule has 2 heterocycles. The lowest BCUT2D eigenvalue weighted by Gasteiger charge is -2.22. The topological polar surface area (TPSA) is 93.2 Å². The van der Waals surface area contributed by atoms with Crippen molar-refractivity contribution in [1.82, 2.24) is 14.7 Å². The smallest absolute Gasteiger partial charge is 0.244 e. The summed E-state index contributed by atoms with van der Waals surface area (Å²) >= 11 is 0. The maximum Gasteiger partial charge on any atom is 0.244 e. The number of hydrogen-bond acceptors (Lipinski definition) is 6. The second-order valence-corrected chi connectivity index (χ2v) is 6.82. The second-order valence-electron chi connectivity index (χ2n) is 5.14. The summed E-state index contributed by atoms with van der Waals surface area (Å²) in [4.78, 5) is 8.08. The molecular weight excluding hydrogens is 280 g/mol. The van der Waals surface area contributed by atoms with Crippen molar-refractivity contribution in [3.8, 4) is 0 Å². The molecule has 1 atom stereocenters. The van der Waals surface area contributed by atoms with Gasteiger partial charge in [0.2, 0.25) is 16.0 Å². The van der Waals surface area contributed by atoms with Crippen molar-refractivity contribution in [1.29, 1.82) is 0 Å². The van der Waals surface area contributed by atoms with Crippen LogP contribution in [0.15, 0.2) is 17.3 Å². The van der Waals surface area contributed by atoms with Gasteiger partial charge in [0.05, 0.1) is 24.5 Å². The van der Waals surface area contributed by atoms with Crippen molar-refractivity contribution in [2.75, 3.05) is 25.1 Å². The predicted octanol–water partition coefficient (Wildman–Crippen LogP) is 0.756. The van der Waals surface area contributed by atoms with Crippen molar-refractivity contribution < 1.29 is 13.2 Å². The summed E-state index contributed by atoms with van der Waals surface area (Å²) in [5, 5.41) is 3.00. The molecular formula is C12H20N4O3S. The molecule has 112 valence electrons. The molecule has 1 saturated heterocycles. The van der Waals surface area contributed by atoms with E-state index in [1.807, 2.05) is 13.8 Å². The molecule has 1 aliphatic rings. The highest BCUT2D eigenvalue weighted by atomic mass is 32.2. The number of ether oxygens (including phenoxy) is 1. The first kappa shape index (κ1) is 15.1. The lowest BCUT2D eigenvalue weighted by atomic mass is 10.0. The van der Waals surface area contributed by atoms with Gasteiger partial charge in [-0.1, -0.05) is 6.92 Å². The molecule has 1 aromatic heterocycles. The van der Waals surface area contributed by atoms with Crippen LogP contribution in [-0.2, 0) is 14.8 Å². The molecule has 0 bridgehead atoms. The van der Waals surface area contributed by atoms with E-state index in [9.17, 15) is 8.42 Å². The van der Waals surface area contributed by atoms with E-state index in [-0.39, 0.29) is 4.90 Å². The third-order valence-corrected chi connectivity index (χ3v) is 4.66. The van der Waals surface area contributed by atoms with E-state index in [1.165, 1.54) is 12.4 Å². The number of nitrogens with one attached hydrogen (secondary N) is 2. The number of sulfonamides is 1. The first-order valence-corrected chi connectivity index (χ1v) is 8.11. The summed E-state index contributed by atoms with van der Waals surface area (Å²) < 4.78 is 32.4. The van der Waals surface area contributed by atoms with E-state index in [1.54, 1.807) is 0 Å². The minimum absolute atomic E-state index is 0.0627. The summed E-state index contributed by atoms with van der Waals surface area (Å²) in [7, 11) is -3.62. The molecule has 1 unspecified atom stereocenters. The first-order chi connectivity index (χ1) is 9.45. The van der Waals surface area contributed by atoms with Crippen LogP contribution in [0.1, 0.15) is 26.7 Å². The average Bonchev–Trinajstić information content (AvgIpc) is 2.82. The molecule has 0 amide bonds. The van der Waals surface area contributed by atoms with Crippen LogP contribution in [-0.4, -0.2) is 43.7 Å². The lowest BCUT2D eigenvalue weighted by molar-refractivity contribution is 0.178. The van der Waals surface area contributed by atoms with E-state index in [4.69, 9.17) is 4.74 Å². The Labute approximate surface area is 119 Å². The summed E-state index contributed by atoms with van der Waals surface area (Å²) in [5.41, 5.74) is -0.558. The summed E-state index contributed by atoms with van der Waals surface area (Å²) in [6.45, 7) is 5.55. The predicted molar refractivity (Wildman–Crippen MR) is 75.0 cm³/mol. The Bertz CT molecular complexity index is 538. The highest BCUT2D eigenvalue weighted by Crippen LogP contribution is 2.20. The highest BCUT2D eigenvalue weighted by molar-refractivity contribution is 7.89. The first-order valence-electron chi connectivity index (χ1n) is 6.63. The van der Waals surface area contributed by atoms with E-state index < -0.39 is 15.6 Å². The van der Waals surface area contributed by atoms with Gasteiger partial charge in [0.1, 0.15) is 4.90 Å². The monoisotopic (exact) mass is 300 g/mol. The summed E-state index contributed by atoms with van der Waals surface area (Å²) in [6.07, 6.45) is 4.23. The zero-order chi connectivity index (χ0) is 14.6. The van der Waals surface area contributed by atoms with Crippen molar-refractivity contribution in [3.05, 3.63) is 12.4 Å². The number of hydrogen-bond donors (Lipinski definition) is 2. The van der Waals surface area contributed by atoms with Gasteiger partial charge in [0, 0.05) is 13.2 Å². The lowest BCUT2D eigenvalue weighted by Crippen LogP contribution is -2.46. The fraction of sp³-hybridized carbons (Fsp3) is 0.667. The molecule has 0 radical (unpaired) electrons. The van der Waals surface area contributed by atoms with Crippen molar-refractivity contribution in [3.63, 3.8) is 0 Å². The van der Waals surface area contributed by atoms with Crippen LogP contribution in [0.3, 0.4) is 0 Å². The molecule has 0 aliphatic carbocycles. The standard InChI is InChI=1S/C12H20N4O3S/c1-3-5-13-11-14-7-10(8-15-11)20(17,18)16-12(2)4-6-19-9-12/h7-8,16H,3-6,9H2,1-2H3,(H,13,14,15). The molecule has 1 aliphatic heterocycles. The molecule has 2 rings (SSSR count). The quantitative estimate of drug-likeness (QED) is 0.805. The Balaban J connectivity index is 2.09. The van der Waals surface area contributed by atoms with Gasteiger partial charge in [-0.25, -0.2) is 23.1 Å². The Morgan fingerprint density at radius 3 is 2.65 bits per heavy atom. The van der Waals surface area contributed by atoms with Gasteiger partial charge in [-0.15, -0.1) is 0 Å². The number of nitrogens with zero attached hydrogens (tertiary/aromatic N) is 2. The molecule has 1 aromatic rings. The maximum atomic E-state index is 12.3. The number of aromatic nitrogens is 2. The second kappa shape index (κ2) is 6.02.